The molecule has 0 aromatic heterocycles. The number of fused-ring (bicyclic) bond motifs is 4. The molecule has 10 rings (SSSR count). The zero-order valence-electron chi connectivity index (χ0n) is 30.9. The summed E-state index contributed by atoms with van der Waals surface area (Å²) in [5.74, 6) is 0. The quantitative estimate of drug-likeness (QED) is 0.114. The minimum atomic E-state index is 1.18. The SMILES string of the molecule is C(=Cc1ccc(-c2c3ccccc3c(-c3c4ccccc4c(-c4ccc(C=Cc5ccccc5)cc4)c4ccccc34)c3ccccc23)cc1)c1ccccc1. The minimum absolute atomic E-state index is 1.18. The van der Waals surface area contributed by atoms with Gasteiger partial charge in [0.15, 0.2) is 0 Å². The maximum Gasteiger partial charge on any atom is -0.00139 e. The Morgan fingerprint density at radius 1 is 0.179 bits per heavy atom. The van der Waals surface area contributed by atoms with E-state index in [0.29, 0.717) is 0 Å². The molecule has 0 amide bonds. The third kappa shape index (κ3) is 6.08. The molecule has 0 nitrogen and oxygen atoms in total. The molecular weight excluding hydrogens is 673 g/mol. The summed E-state index contributed by atoms with van der Waals surface area (Å²) in [6, 6.07) is 74.9. The highest BCUT2D eigenvalue weighted by molar-refractivity contribution is 6.29. The Morgan fingerprint density at radius 3 is 0.661 bits per heavy atom. The van der Waals surface area contributed by atoms with Gasteiger partial charge < -0.3 is 0 Å². The Morgan fingerprint density at radius 2 is 0.393 bits per heavy atom. The highest BCUT2D eigenvalue weighted by Crippen LogP contribution is 2.50. The smallest absolute Gasteiger partial charge is 0.00139 e. The summed E-state index contributed by atoms with van der Waals surface area (Å²) in [5, 5.41) is 10.0. The van der Waals surface area contributed by atoms with Gasteiger partial charge in [0.05, 0.1) is 0 Å². The van der Waals surface area contributed by atoms with E-state index in [1.54, 1.807) is 0 Å². The molecule has 0 spiro atoms. The zero-order valence-corrected chi connectivity index (χ0v) is 30.9. The highest BCUT2D eigenvalue weighted by Gasteiger charge is 2.22. The van der Waals surface area contributed by atoms with Gasteiger partial charge in [-0.15, -0.1) is 0 Å². The standard InChI is InChI=1S/C56H38/c1-3-15-39(16-4-1)27-29-41-31-35-43(36-32-41)53-45-19-7-11-23-49(45)55(50-24-12-8-20-46(50)53)56-51-25-13-9-21-47(51)54(48-22-10-14-26-52(48)56)44-37-33-42(34-38-44)30-28-40-17-5-2-6-18-40/h1-38H. The van der Waals surface area contributed by atoms with Crippen molar-refractivity contribution in [1.82, 2.24) is 0 Å². The monoisotopic (exact) mass is 710 g/mol. The fraction of sp³-hybridized carbons (Fsp3) is 0. The van der Waals surface area contributed by atoms with Crippen LogP contribution in [0.2, 0.25) is 0 Å². The molecule has 0 bridgehead atoms. The number of rotatable bonds is 7. The summed E-state index contributed by atoms with van der Waals surface area (Å²) in [5.41, 5.74) is 12.3. The van der Waals surface area contributed by atoms with Gasteiger partial charge in [-0.3, -0.25) is 0 Å². The third-order valence-electron chi connectivity index (χ3n) is 11.0. The van der Waals surface area contributed by atoms with Crippen molar-refractivity contribution in [2.45, 2.75) is 0 Å². The van der Waals surface area contributed by atoms with Crippen molar-refractivity contribution in [2.75, 3.05) is 0 Å². The van der Waals surface area contributed by atoms with Crippen LogP contribution in [-0.2, 0) is 0 Å². The molecule has 0 N–H and O–H groups in total. The second-order valence-electron chi connectivity index (χ2n) is 14.4. The second kappa shape index (κ2) is 14.5. The number of hydrogen-bond donors (Lipinski definition) is 0. The van der Waals surface area contributed by atoms with Crippen molar-refractivity contribution < 1.29 is 0 Å². The van der Waals surface area contributed by atoms with Gasteiger partial charge >= 0.3 is 0 Å². The fourth-order valence-electron chi connectivity index (χ4n) is 8.45. The summed E-state index contributed by atoms with van der Waals surface area (Å²) in [6.07, 6.45) is 8.73. The summed E-state index contributed by atoms with van der Waals surface area (Å²) in [7, 11) is 0. The van der Waals surface area contributed by atoms with Gasteiger partial charge in [0.25, 0.3) is 0 Å². The molecule has 0 radical (unpaired) electrons. The van der Waals surface area contributed by atoms with Crippen molar-refractivity contribution in [3.63, 3.8) is 0 Å². The lowest BCUT2D eigenvalue weighted by atomic mass is 9.81. The van der Waals surface area contributed by atoms with E-state index in [2.05, 4.69) is 231 Å². The van der Waals surface area contributed by atoms with Crippen LogP contribution < -0.4 is 0 Å². The topological polar surface area (TPSA) is 0 Å². The van der Waals surface area contributed by atoms with E-state index in [1.807, 2.05) is 0 Å². The molecule has 0 saturated heterocycles. The molecule has 10 aromatic carbocycles. The van der Waals surface area contributed by atoms with Gasteiger partial charge in [0.1, 0.15) is 0 Å². The second-order valence-corrected chi connectivity index (χ2v) is 14.4. The Hall–Kier alpha value is -7.28. The Kier molecular flexibility index (Phi) is 8.63. The molecule has 0 aliphatic carbocycles. The van der Waals surface area contributed by atoms with Gasteiger partial charge in [0, 0.05) is 0 Å². The predicted molar refractivity (Wildman–Crippen MR) is 244 cm³/mol. The van der Waals surface area contributed by atoms with Crippen molar-refractivity contribution >= 4 is 67.4 Å². The van der Waals surface area contributed by atoms with Crippen molar-refractivity contribution in [1.29, 1.82) is 0 Å². The van der Waals surface area contributed by atoms with E-state index in [1.165, 1.54) is 98.7 Å². The van der Waals surface area contributed by atoms with Crippen LogP contribution in [0.3, 0.4) is 0 Å². The number of hydrogen-bond acceptors (Lipinski definition) is 0. The largest absolute Gasteiger partial charge is 0.0622 e. The Labute approximate surface area is 328 Å². The summed E-state index contributed by atoms with van der Waals surface area (Å²) < 4.78 is 0. The van der Waals surface area contributed by atoms with Gasteiger partial charge in [-0.05, 0) is 98.7 Å². The van der Waals surface area contributed by atoms with Crippen LogP contribution in [0.1, 0.15) is 22.3 Å². The van der Waals surface area contributed by atoms with E-state index in [4.69, 9.17) is 0 Å². The van der Waals surface area contributed by atoms with Crippen LogP contribution in [0.25, 0.3) is 101 Å². The average molecular weight is 711 g/mol. The summed E-state index contributed by atoms with van der Waals surface area (Å²) in [6.45, 7) is 0. The normalized spacial score (nSPS) is 11.8. The predicted octanol–water partition coefficient (Wildman–Crippen LogP) is 15.6. The van der Waals surface area contributed by atoms with Gasteiger partial charge in [-0.25, -0.2) is 0 Å². The molecule has 0 heterocycles. The molecule has 0 atom stereocenters. The first-order valence-electron chi connectivity index (χ1n) is 19.3. The lowest BCUT2D eigenvalue weighted by Crippen LogP contribution is -1.94. The van der Waals surface area contributed by atoms with Crippen LogP contribution in [-0.4, -0.2) is 0 Å². The van der Waals surface area contributed by atoms with E-state index >= 15 is 0 Å². The maximum atomic E-state index is 2.32. The van der Waals surface area contributed by atoms with E-state index in [-0.39, 0.29) is 0 Å². The summed E-state index contributed by atoms with van der Waals surface area (Å²) >= 11 is 0. The zero-order chi connectivity index (χ0) is 37.3. The lowest BCUT2D eigenvalue weighted by molar-refractivity contribution is 1.63. The van der Waals surface area contributed by atoms with Crippen molar-refractivity contribution in [3.05, 3.63) is 229 Å². The van der Waals surface area contributed by atoms with Crippen molar-refractivity contribution in [2.24, 2.45) is 0 Å². The Bertz CT molecular complexity index is 2750. The molecule has 0 saturated carbocycles. The van der Waals surface area contributed by atoms with E-state index in [9.17, 15) is 0 Å². The molecule has 0 fully saturated rings. The molecule has 0 aliphatic heterocycles. The summed E-state index contributed by atoms with van der Waals surface area (Å²) in [4.78, 5) is 0. The van der Waals surface area contributed by atoms with Crippen molar-refractivity contribution in [3.8, 4) is 33.4 Å². The molecule has 56 heavy (non-hydrogen) atoms. The van der Waals surface area contributed by atoms with Gasteiger partial charge in [0.2, 0.25) is 0 Å². The van der Waals surface area contributed by atoms with Crippen LogP contribution in [0.5, 0.6) is 0 Å². The molecule has 262 valence electrons. The van der Waals surface area contributed by atoms with Crippen LogP contribution in [0.4, 0.5) is 0 Å². The number of benzene rings is 10. The lowest BCUT2D eigenvalue weighted by Gasteiger charge is -2.22. The van der Waals surface area contributed by atoms with Crippen LogP contribution in [0.15, 0.2) is 206 Å². The van der Waals surface area contributed by atoms with E-state index in [0.717, 1.165) is 0 Å². The van der Waals surface area contributed by atoms with Crippen LogP contribution >= 0.6 is 0 Å². The molecular formula is C56H38. The highest BCUT2D eigenvalue weighted by atomic mass is 14.2. The fourth-order valence-corrected chi connectivity index (χ4v) is 8.45. The molecule has 10 aromatic rings. The van der Waals surface area contributed by atoms with E-state index < -0.39 is 0 Å². The maximum absolute atomic E-state index is 2.32. The first-order valence-corrected chi connectivity index (χ1v) is 19.3. The molecule has 0 heteroatoms. The average Bonchev–Trinajstić information content (AvgIpc) is 3.27. The molecule has 0 unspecified atom stereocenters. The first-order chi connectivity index (χ1) is 27.8. The minimum Gasteiger partial charge on any atom is -0.0622 e. The van der Waals surface area contributed by atoms with Gasteiger partial charge in [-0.2, -0.15) is 0 Å². The Balaban J connectivity index is 1.16. The van der Waals surface area contributed by atoms with Gasteiger partial charge in [-0.1, -0.05) is 231 Å². The third-order valence-corrected chi connectivity index (χ3v) is 11.0. The molecule has 0 aliphatic rings. The first kappa shape index (κ1) is 33.3. The van der Waals surface area contributed by atoms with Crippen LogP contribution in [0, 0.1) is 0 Å².